The van der Waals surface area contributed by atoms with E-state index in [9.17, 15) is 17.6 Å². The molecule has 3 aromatic carbocycles. The molecule has 0 aliphatic heterocycles. The zero-order chi connectivity index (χ0) is 21.9. The van der Waals surface area contributed by atoms with E-state index in [1.54, 1.807) is 24.3 Å². The van der Waals surface area contributed by atoms with Gasteiger partial charge in [-0.3, -0.25) is 9.52 Å². The first-order chi connectivity index (χ1) is 14.2. The summed E-state index contributed by atoms with van der Waals surface area (Å²) >= 11 is 5.79. The first-order valence-corrected chi connectivity index (χ1v) is 11.0. The maximum atomic E-state index is 14.5. The van der Waals surface area contributed by atoms with Gasteiger partial charge < -0.3 is 5.32 Å². The van der Waals surface area contributed by atoms with Gasteiger partial charge in [0.25, 0.3) is 15.9 Å². The van der Waals surface area contributed by atoms with Crippen LogP contribution in [0.5, 0.6) is 0 Å². The van der Waals surface area contributed by atoms with Gasteiger partial charge >= 0.3 is 0 Å². The second-order valence-corrected chi connectivity index (χ2v) is 9.10. The van der Waals surface area contributed by atoms with E-state index in [0.29, 0.717) is 22.2 Å². The van der Waals surface area contributed by atoms with E-state index in [-0.39, 0.29) is 10.6 Å². The molecule has 3 rings (SSSR count). The van der Waals surface area contributed by atoms with Crippen LogP contribution in [-0.2, 0) is 10.0 Å². The number of rotatable bonds is 6. The minimum Gasteiger partial charge on any atom is -0.319 e. The standard InChI is InChI=1S/C22H20ClFN2O3S/c1-14(2)15-5-9-18(10-6-15)26-30(28,29)19-11-12-21(20(24)13-19)25-22(27)16-3-7-17(23)8-4-16/h3-14,26H,1-2H3,(H,25,27). The molecular weight excluding hydrogens is 427 g/mol. The largest absolute Gasteiger partial charge is 0.319 e. The van der Waals surface area contributed by atoms with Crippen LogP contribution in [-0.4, -0.2) is 14.3 Å². The van der Waals surface area contributed by atoms with Gasteiger partial charge in [0.2, 0.25) is 0 Å². The number of hydrogen-bond acceptors (Lipinski definition) is 3. The van der Waals surface area contributed by atoms with Crippen LogP contribution in [0.3, 0.4) is 0 Å². The number of carbonyl (C=O) groups is 1. The van der Waals surface area contributed by atoms with E-state index in [0.717, 1.165) is 11.6 Å². The Labute approximate surface area is 179 Å². The van der Waals surface area contributed by atoms with E-state index < -0.39 is 21.7 Å². The van der Waals surface area contributed by atoms with Crippen molar-refractivity contribution in [2.45, 2.75) is 24.7 Å². The quantitative estimate of drug-likeness (QED) is 0.513. The van der Waals surface area contributed by atoms with Crippen molar-refractivity contribution in [3.8, 4) is 0 Å². The molecule has 0 aromatic heterocycles. The fourth-order valence-corrected chi connectivity index (χ4v) is 3.91. The lowest BCUT2D eigenvalue weighted by molar-refractivity contribution is 0.102. The van der Waals surface area contributed by atoms with Crippen molar-refractivity contribution in [2.75, 3.05) is 10.0 Å². The van der Waals surface area contributed by atoms with Crippen molar-refractivity contribution in [1.29, 1.82) is 0 Å². The van der Waals surface area contributed by atoms with Crippen molar-refractivity contribution in [3.63, 3.8) is 0 Å². The van der Waals surface area contributed by atoms with Gasteiger partial charge in [0.1, 0.15) is 5.82 Å². The molecule has 0 aliphatic carbocycles. The number of benzene rings is 3. The first-order valence-electron chi connectivity index (χ1n) is 9.15. The summed E-state index contributed by atoms with van der Waals surface area (Å²) < 4.78 is 42.1. The summed E-state index contributed by atoms with van der Waals surface area (Å²) in [6.07, 6.45) is 0. The summed E-state index contributed by atoms with van der Waals surface area (Å²) in [7, 11) is -3.99. The molecule has 0 fully saturated rings. The monoisotopic (exact) mass is 446 g/mol. The number of sulfonamides is 1. The van der Waals surface area contributed by atoms with Gasteiger partial charge in [0, 0.05) is 16.3 Å². The summed E-state index contributed by atoms with van der Waals surface area (Å²) in [5.74, 6) is -1.08. The average molecular weight is 447 g/mol. The second-order valence-electron chi connectivity index (χ2n) is 6.98. The lowest BCUT2D eigenvalue weighted by atomic mass is 10.0. The molecule has 0 atom stereocenters. The Bertz CT molecular complexity index is 1160. The predicted molar refractivity (Wildman–Crippen MR) is 117 cm³/mol. The van der Waals surface area contributed by atoms with E-state index >= 15 is 0 Å². The second kappa shape index (κ2) is 8.85. The van der Waals surface area contributed by atoms with Gasteiger partial charge in [0.15, 0.2) is 0 Å². The van der Waals surface area contributed by atoms with Crippen LogP contribution in [0.15, 0.2) is 71.6 Å². The van der Waals surface area contributed by atoms with Gasteiger partial charge in [-0.25, -0.2) is 12.8 Å². The van der Waals surface area contributed by atoms with Crippen LogP contribution in [0.25, 0.3) is 0 Å². The first kappa shape index (κ1) is 21.8. The normalized spacial score (nSPS) is 11.4. The van der Waals surface area contributed by atoms with Crippen molar-refractivity contribution >= 4 is 38.9 Å². The highest BCUT2D eigenvalue weighted by molar-refractivity contribution is 7.92. The van der Waals surface area contributed by atoms with Crippen molar-refractivity contribution in [1.82, 2.24) is 0 Å². The molecule has 3 aromatic rings. The minimum absolute atomic E-state index is 0.129. The van der Waals surface area contributed by atoms with Gasteiger partial charge in [-0.15, -0.1) is 0 Å². The lowest BCUT2D eigenvalue weighted by Crippen LogP contribution is -2.15. The maximum Gasteiger partial charge on any atom is 0.261 e. The van der Waals surface area contributed by atoms with E-state index in [1.165, 1.54) is 24.3 Å². The number of nitrogens with one attached hydrogen (secondary N) is 2. The molecule has 0 heterocycles. The Kier molecular flexibility index (Phi) is 6.43. The van der Waals surface area contributed by atoms with Crippen molar-refractivity contribution < 1.29 is 17.6 Å². The average Bonchev–Trinajstić information content (AvgIpc) is 2.70. The third-order valence-corrected chi connectivity index (χ3v) is 6.07. The van der Waals surface area contributed by atoms with E-state index in [4.69, 9.17) is 11.6 Å². The molecule has 0 saturated carbocycles. The molecular formula is C22H20ClFN2O3S. The van der Waals surface area contributed by atoms with Crippen molar-refractivity contribution in [2.24, 2.45) is 0 Å². The molecule has 156 valence electrons. The molecule has 0 unspecified atom stereocenters. The SMILES string of the molecule is CC(C)c1ccc(NS(=O)(=O)c2ccc(NC(=O)c3ccc(Cl)cc3)c(F)c2)cc1. The topological polar surface area (TPSA) is 75.3 Å². The summed E-state index contributed by atoms with van der Waals surface area (Å²) in [5.41, 5.74) is 1.61. The Morgan fingerprint density at radius 1 is 0.967 bits per heavy atom. The van der Waals surface area contributed by atoms with Gasteiger partial charge in [-0.1, -0.05) is 37.6 Å². The highest BCUT2D eigenvalue weighted by atomic mass is 35.5. The third-order valence-electron chi connectivity index (χ3n) is 4.44. The molecule has 30 heavy (non-hydrogen) atoms. The fraction of sp³-hybridized carbons (Fsp3) is 0.136. The zero-order valence-electron chi connectivity index (χ0n) is 16.3. The number of carbonyl (C=O) groups excluding carboxylic acids is 1. The van der Waals surface area contributed by atoms with Crippen LogP contribution in [0, 0.1) is 5.82 Å². The molecule has 0 spiro atoms. The van der Waals surface area contributed by atoms with E-state index in [2.05, 4.69) is 10.0 Å². The van der Waals surface area contributed by atoms with Gasteiger partial charge in [0.05, 0.1) is 10.6 Å². The summed E-state index contributed by atoms with van der Waals surface area (Å²) in [6.45, 7) is 4.07. The maximum absolute atomic E-state index is 14.5. The molecule has 0 radical (unpaired) electrons. The number of anilines is 2. The molecule has 1 amide bonds. The molecule has 8 heteroatoms. The third kappa shape index (κ3) is 5.17. The Hall–Kier alpha value is -2.90. The van der Waals surface area contributed by atoms with Crippen LogP contribution < -0.4 is 10.0 Å². The molecule has 2 N–H and O–H groups in total. The Morgan fingerprint density at radius 3 is 2.17 bits per heavy atom. The van der Waals surface area contributed by atoms with Crippen LogP contribution in [0.1, 0.15) is 35.7 Å². The zero-order valence-corrected chi connectivity index (χ0v) is 17.9. The highest BCUT2D eigenvalue weighted by Crippen LogP contribution is 2.23. The molecule has 0 bridgehead atoms. The summed E-state index contributed by atoms with van der Waals surface area (Å²) in [4.78, 5) is 12.0. The van der Waals surface area contributed by atoms with Gasteiger partial charge in [-0.2, -0.15) is 0 Å². The lowest BCUT2D eigenvalue weighted by Gasteiger charge is -2.12. The predicted octanol–water partition coefficient (Wildman–Crippen LogP) is 5.66. The van der Waals surface area contributed by atoms with Crippen LogP contribution in [0.2, 0.25) is 5.02 Å². The Balaban J connectivity index is 1.76. The molecule has 5 nitrogen and oxygen atoms in total. The number of halogens is 2. The van der Waals surface area contributed by atoms with Crippen LogP contribution >= 0.6 is 11.6 Å². The number of hydrogen-bond donors (Lipinski definition) is 2. The van der Waals surface area contributed by atoms with E-state index in [1.807, 2.05) is 26.0 Å². The Morgan fingerprint density at radius 2 is 1.60 bits per heavy atom. The number of amides is 1. The molecule has 0 aliphatic rings. The summed E-state index contributed by atoms with van der Waals surface area (Å²) in [5, 5.41) is 2.89. The fourth-order valence-electron chi connectivity index (χ4n) is 2.71. The molecule has 0 saturated heterocycles. The van der Waals surface area contributed by atoms with Crippen LogP contribution in [0.4, 0.5) is 15.8 Å². The summed E-state index contributed by atoms with van der Waals surface area (Å²) in [6, 6.07) is 16.4. The smallest absolute Gasteiger partial charge is 0.261 e. The minimum atomic E-state index is -3.99. The van der Waals surface area contributed by atoms with Gasteiger partial charge in [-0.05, 0) is 66.1 Å². The highest BCUT2D eigenvalue weighted by Gasteiger charge is 2.18. The van der Waals surface area contributed by atoms with Crippen molar-refractivity contribution in [3.05, 3.63) is 88.7 Å².